The molecule has 12 heteroatoms. The number of carbonyl (C=O) groups is 1. The number of unbranched alkanes of at least 4 members (excludes halogenated alkanes) is 3. The van der Waals surface area contributed by atoms with Gasteiger partial charge in [0.2, 0.25) is 5.91 Å². The number of benzene rings is 1. The normalized spacial score (nSPS) is 24.1. The largest absolute Gasteiger partial charge is 0.394 e. The first kappa shape index (κ1) is 32.0. The van der Waals surface area contributed by atoms with Crippen LogP contribution in [-0.2, 0) is 19.4 Å². The molecule has 39 heavy (non-hydrogen) atoms. The zero-order valence-corrected chi connectivity index (χ0v) is 24.2. The second kappa shape index (κ2) is 13.4. The highest BCUT2D eigenvalue weighted by atomic mass is 35.5. The molecule has 0 saturated heterocycles. The van der Waals surface area contributed by atoms with Crippen LogP contribution in [0.2, 0.25) is 5.02 Å². The van der Waals surface area contributed by atoms with E-state index in [4.69, 9.17) is 27.9 Å². The molecule has 2 saturated carbocycles. The predicted molar refractivity (Wildman–Crippen MR) is 143 cm³/mol. The highest BCUT2D eigenvalue weighted by molar-refractivity contribution is 7.92. The molecule has 1 aromatic carbocycles. The summed E-state index contributed by atoms with van der Waals surface area (Å²) in [5.74, 6) is -3.48. The second-order valence-electron chi connectivity index (χ2n) is 10.7. The van der Waals surface area contributed by atoms with E-state index >= 15 is 0 Å². The standard InChI is InChI=1S/C27H35Cl2F3N2O4S/c1-2-3-4-5-8-19(28)13-18(27(30,31)32)16-38-23-15-20(39(36,37)24-10-7-6-9-22(24)29)14-21(23)25(35)34-26(17-33)11-12-26/h6-7,9-10,18-21,23H,2-5,8,11-16H2,1H3,(H,34,35)/t18?,19?,20-,21-,23-/m0/s1. The Labute approximate surface area is 238 Å². The van der Waals surface area contributed by atoms with Gasteiger partial charge in [0.05, 0.1) is 45.8 Å². The molecule has 6 nitrogen and oxygen atoms in total. The monoisotopic (exact) mass is 610 g/mol. The van der Waals surface area contributed by atoms with Crippen molar-refractivity contribution in [3.63, 3.8) is 0 Å². The summed E-state index contributed by atoms with van der Waals surface area (Å²) in [5.41, 5.74) is -1.01. The van der Waals surface area contributed by atoms with Crippen molar-refractivity contribution >= 4 is 38.9 Å². The maximum absolute atomic E-state index is 13.9. The van der Waals surface area contributed by atoms with Crippen LogP contribution in [-0.4, -0.2) is 49.4 Å². The number of rotatable bonds is 14. The van der Waals surface area contributed by atoms with E-state index in [0.29, 0.717) is 19.3 Å². The maximum atomic E-state index is 13.9. The zero-order chi connectivity index (χ0) is 28.8. The average Bonchev–Trinajstić information content (AvgIpc) is 3.50. The molecule has 1 N–H and O–H groups in total. The molecular formula is C27H35Cl2F3N2O4S. The third-order valence-corrected chi connectivity index (χ3v) is 10.7. The minimum absolute atomic E-state index is 0.0218. The molecule has 2 aliphatic carbocycles. The zero-order valence-electron chi connectivity index (χ0n) is 21.9. The van der Waals surface area contributed by atoms with Crippen LogP contribution < -0.4 is 5.32 Å². The second-order valence-corrected chi connectivity index (χ2v) is 13.9. The van der Waals surface area contributed by atoms with Gasteiger partial charge in [-0.25, -0.2) is 8.42 Å². The smallest absolute Gasteiger partial charge is 0.377 e. The molecule has 2 unspecified atom stereocenters. The molecule has 5 atom stereocenters. The number of nitrogens with zero attached hydrogens (tertiary/aromatic N) is 1. The van der Waals surface area contributed by atoms with Gasteiger partial charge in [0.15, 0.2) is 9.84 Å². The van der Waals surface area contributed by atoms with Crippen LogP contribution in [0.25, 0.3) is 0 Å². The molecule has 0 aliphatic heterocycles. The molecule has 1 amide bonds. The van der Waals surface area contributed by atoms with Crippen LogP contribution in [0.4, 0.5) is 13.2 Å². The minimum Gasteiger partial charge on any atom is -0.377 e. The summed E-state index contributed by atoms with van der Waals surface area (Å²) in [5, 5.41) is 10.3. The van der Waals surface area contributed by atoms with Crippen LogP contribution in [0.3, 0.4) is 0 Å². The number of halogens is 5. The van der Waals surface area contributed by atoms with Crippen LogP contribution >= 0.6 is 23.2 Å². The van der Waals surface area contributed by atoms with Gasteiger partial charge in [-0.15, -0.1) is 11.6 Å². The highest BCUT2D eigenvalue weighted by Crippen LogP contribution is 2.41. The van der Waals surface area contributed by atoms with E-state index in [9.17, 15) is 31.6 Å². The van der Waals surface area contributed by atoms with Gasteiger partial charge in [-0.1, -0.05) is 56.3 Å². The lowest BCUT2D eigenvalue weighted by Crippen LogP contribution is -2.43. The van der Waals surface area contributed by atoms with Gasteiger partial charge in [-0.05, 0) is 50.7 Å². The van der Waals surface area contributed by atoms with Crippen LogP contribution in [0.5, 0.6) is 0 Å². The Morgan fingerprint density at radius 2 is 1.92 bits per heavy atom. The Morgan fingerprint density at radius 3 is 2.51 bits per heavy atom. The summed E-state index contributed by atoms with van der Waals surface area (Å²) in [6.07, 6.45) is -1.31. The SMILES string of the molecule is CCCCCCC(Cl)CC(CO[C@H]1C[C@@H](S(=O)(=O)c2ccccc2Cl)C[C@@H]1C(=O)NC1(C#N)CC1)C(F)(F)F. The summed E-state index contributed by atoms with van der Waals surface area (Å²) in [6.45, 7) is 1.30. The number of amides is 1. The fourth-order valence-corrected chi connectivity index (χ4v) is 7.70. The van der Waals surface area contributed by atoms with E-state index in [2.05, 4.69) is 5.32 Å². The Morgan fingerprint density at radius 1 is 1.23 bits per heavy atom. The first-order valence-electron chi connectivity index (χ1n) is 13.4. The van der Waals surface area contributed by atoms with Gasteiger partial charge in [-0.2, -0.15) is 18.4 Å². The molecule has 0 heterocycles. The van der Waals surface area contributed by atoms with Crippen molar-refractivity contribution in [2.75, 3.05) is 6.61 Å². The van der Waals surface area contributed by atoms with Crippen LogP contribution in [0, 0.1) is 23.2 Å². The molecule has 1 aromatic rings. The summed E-state index contributed by atoms with van der Waals surface area (Å²) in [6, 6.07) is 7.94. The lowest BCUT2D eigenvalue weighted by Gasteiger charge is -2.26. The molecule has 0 radical (unpaired) electrons. The molecule has 3 rings (SSSR count). The summed E-state index contributed by atoms with van der Waals surface area (Å²) in [4.78, 5) is 13.0. The number of nitrogens with one attached hydrogen (secondary N) is 1. The Balaban J connectivity index is 1.75. The van der Waals surface area contributed by atoms with E-state index < -0.39 is 62.6 Å². The number of sulfone groups is 1. The highest BCUT2D eigenvalue weighted by Gasteiger charge is 2.51. The van der Waals surface area contributed by atoms with E-state index in [1.807, 2.05) is 13.0 Å². The van der Waals surface area contributed by atoms with Gasteiger partial charge in [0, 0.05) is 5.38 Å². The number of ether oxygens (including phenoxy) is 1. The summed E-state index contributed by atoms with van der Waals surface area (Å²) < 4.78 is 74.2. The first-order chi connectivity index (χ1) is 18.3. The van der Waals surface area contributed by atoms with E-state index in [1.165, 1.54) is 18.2 Å². The molecule has 0 spiro atoms. The fraction of sp³-hybridized carbons (Fsp3) is 0.704. The van der Waals surface area contributed by atoms with Crippen molar-refractivity contribution in [3.05, 3.63) is 29.3 Å². The Kier molecular flexibility index (Phi) is 11.0. The van der Waals surface area contributed by atoms with Gasteiger partial charge in [0.1, 0.15) is 5.54 Å². The van der Waals surface area contributed by atoms with E-state index in [0.717, 1.165) is 25.7 Å². The lowest BCUT2D eigenvalue weighted by molar-refractivity contribution is -0.195. The van der Waals surface area contributed by atoms with Crippen molar-refractivity contribution in [2.24, 2.45) is 11.8 Å². The van der Waals surface area contributed by atoms with Crippen molar-refractivity contribution in [3.8, 4) is 6.07 Å². The Bertz CT molecular complexity index is 1140. The predicted octanol–water partition coefficient (Wildman–Crippen LogP) is 6.60. The maximum Gasteiger partial charge on any atom is 0.394 e. The molecule has 0 aromatic heterocycles. The van der Waals surface area contributed by atoms with Gasteiger partial charge in [0.25, 0.3) is 0 Å². The third-order valence-electron chi connectivity index (χ3n) is 7.59. The number of hydrogen-bond donors (Lipinski definition) is 1. The minimum atomic E-state index is -4.57. The quantitative estimate of drug-likeness (QED) is 0.189. The van der Waals surface area contributed by atoms with Gasteiger partial charge < -0.3 is 10.1 Å². The van der Waals surface area contributed by atoms with Crippen molar-refractivity contribution in [2.45, 2.75) is 104 Å². The van der Waals surface area contributed by atoms with Gasteiger partial charge >= 0.3 is 6.18 Å². The van der Waals surface area contributed by atoms with Crippen molar-refractivity contribution in [1.82, 2.24) is 5.32 Å². The van der Waals surface area contributed by atoms with Crippen LogP contribution in [0.1, 0.15) is 71.1 Å². The topological polar surface area (TPSA) is 96.3 Å². The fourth-order valence-electron chi connectivity index (χ4n) is 5.00. The Hall–Kier alpha value is -1.54. The molecule has 218 valence electrons. The van der Waals surface area contributed by atoms with Crippen LogP contribution in [0.15, 0.2) is 29.2 Å². The van der Waals surface area contributed by atoms with Crippen molar-refractivity contribution in [1.29, 1.82) is 5.26 Å². The number of hydrogen-bond acceptors (Lipinski definition) is 5. The lowest BCUT2D eigenvalue weighted by atomic mass is 9.99. The molecule has 0 bridgehead atoms. The van der Waals surface area contributed by atoms with E-state index in [-0.39, 0.29) is 29.2 Å². The van der Waals surface area contributed by atoms with E-state index in [1.54, 1.807) is 6.07 Å². The van der Waals surface area contributed by atoms with Crippen molar-refractivity contribution < 1.29 is 31.1 Å². The molecule has 2 fully saturated rings. The molecular weight excluding hydrogens is 576 g/mol. The number of alkyl halides is 4. The summed E-state index contributed by atoms with van der Waals surface area (Å²) >= 11 is 12.4. The first-order valence-corrected chi connectivity index (χ1v) is 15.7. The van der Waals surface area contributed by atoms with Gasteiger partial charge in [-0.3, -0.25) is 4.79 Å². The summed E-state index contributed by atoms with van der Waals surface area (Å²) in [7, 11) is -4.00. The third kappa shape index (κ3) is 8.48. The average molecular weight is 612 g/mol. The number of nitriles is 1. The number of carbonyl (C=O) groups excluding carboxylic acids is 1. The molecule has 2 aliphatic rings.